The van der Waals surface area contributed by atoms with Crippen molar-refractivity contribution in [2.45, 2.75) is 4.90 Å². The lowest BCUT2D eigenvalue weighted by Gasteiger charge is -1.99. The summed E-state index contributed by atoms with van der Waals surface area (Å²) in [5.41, 5.74) is 1.33. The average molecular weight is 237 g/mol. The van der Waals surface area contributed by atoms with Crippen molar-refractivity contribution < 1.29 is 4.39 Å². The second-order valence-electron chi connectivity index (χ2n) is 2.30. The van der Waals surface area contributed by atoms with Gasteiger partial charge in [0.25, 0.3) is 0 Å². The normalized spacial score (nSPS) is 11.8. The lowest BCUT2D eigenvalue weighted by molar-refractivity contribution is 0.626. The highest BCUT2D eigenvalue weighted by Crippen LogP contribution is 2.22. The van der Waals surface area contributed by atoms with Crippen LogP contribution in [-0.2, 0) is 0 Å². The zero-order chi connectivity index (χ0) is 9.68. The maximum Gasteiger partial charge on any atom is 0.123 e. The van der Waals surface area contributed by atoms with E-state index in [1.807, 2.05) is 0 Å². The van der Waals surface area contributed by atoms with E-state index in [1.165, 1.54) is 29.4 Å². The van der Waals surface area contributed by atoms with Crippen LogP contribution in [0.15, 0.2) is 39.7 Å². The van der Waals surface area contributed by atoms with Gasteiger partial charge in [0, 0.05) is 21.2 Å². The zero-order valence-corrected chi connectivity index (χ0v) is 8.96. The van der Waals surface area contributed by atoms with E-state index in [1.54, 1.807) is 12.1 Å². The molecule has 0 atom stereocenters. The molecule has 0 amide bonds. The third-order valence-corrected chi connectivity index (χ3v) is 3.15. The van der Waals surface area contributed by atoms with Crippen molar-refractivity contribution in [3.63, 3.8) is 0 Å². The van der Waals surface area contributed by atoms with Crippen LogP contribution in [0.3, 0.4) is 0 Å². The first kappa shape index (κ1) is 10.9. The van der Waals surface area contributed by atoms with Crippen molar-refractivity contribution in [2.75, 3.05) is 5.75 Å². The summed E-state index contributed by atoms with van der Waals surface area (Å²) < 4.78 is 12.5. The Balaban J connectivity index is 2.51. The first-order chi connectivity index (χ1) is 6.22. The zero-order valence-electron chi connectivity index (χ0n) is 6.64. The highest BCUT2D eigenvalue weighted by atomic mass is 35.5. The van der Waals surface area contributed by atoms with Crippen molar-refractivity contribution in [1.29, 1.82) is 0 Å². The molecule has 0 aliphatic carbocycles. The Hall–Kier alpha value is -0.180. The Morgan fingerprint density at radius 3 is 2.54 bits per heavy atom. The number of thioether (sulfide) groups is 1. The van der Waals surface area contributed by atoms with Crippen LogP contribution in [0.4, 0.5) is 4.39 Å². The van der Waals surface area contributed by atoms with E-state index in [0.717, 1.165) is 4.90 Å². The van der Waals surface area contributed by atoms with E-state index in [9.17, 15) is 4.39 Å². The summed E-state index contributed by atoms with van der Waals surface area (Å²) in [6.07, 6.45) is 0. The van der Waals surface area contributed by atoms with E-state index in [2.05, 4.69) is 0 Å². The summed E-state index contributed by atoms with van der Waals surface area (Å²) in [7, 11) is 0. The van der Waals surface area contributed by atoms with Crippen LogP contribution in [0.25, 0.3) is 0 Å². The Bertz CT molecular complexity index is 295. The third-order valence-electron chi connectivity index (χ3n) is 1.31. The minimum atomic E-state index is -0.233. The molecule has 0 unspecified atom stereocenters. The molecular formula is C9H7Cl2FS. The van der Waals surface area contributed by atoms with Gasteiger partial charge >= 0.3 is 0 Å². The number of hydrogen-bond donors (Lipinski definition) is 0. The first-order valence-corrected chi connectivity index (χ1v) is 5.35. The molecule has 0 aromatic heterocycles. The Labute approximate surface area is 90.7 Å². The van der Waals surface area contributed by atoms with Crippen molar-refractivity contribution in [3.05, 3.63) is 40.7 Å². The Kier molecular flexibility index (Phi) is 4.64. The molecule has 0 saturated carbocycles. The SMILES string of the molecule is Fc1ccc(SC/C(Cl)=C/Cl)cc1. The second kappa shape index (κ2) is 5.53. The number of hydrogen-bond acceptors (Lipinski definition) is 1. The number of rotatable bonds is 3. The highest BCUT2D eigenvalue weighted by molar-refractivity contribution is 7.99. The second-order valence-corrected chi connectivity index (χ2v) is 4.05. The van der Waals surface area contributed by atoms with Crippen LogP contribution in [0.5, 0.6) is 0 Å². The summed E-state index contributed by atoms with van der Waals surface area (Å²) in [6.45, 7) is 0. The number of halogens is 3. The molecule has 0 N–H and O–H groups in total. The van der Waals surface area contributed by atoms with Gasteiger partial charge in [-0.05, 0) is 24.3 Å². The lowest BCUT2D eigenvalue weighted by Crippen LogP contribution is -1.78. The van der Waals surface area contributed by atoms with E-state index >= 15 is 0 Å². The van der Waals surface area contributed by atoms with Crippen LogP contribution in [-0.4, -0.2) is 5.75 Å². The summed E-state index contributed by atoms with van der Waals surface area (Å²) >= 11 is 12.6. The van der Waals surface area contributed by atoms with Crippen molar-refractivity contribution in [2.24, 2.45) is 0 Å². The molecule has 0 fully saturated rings. The van der Waals surface area contributed by atoms with Gasteiger partial charge < -0.3 is 0 Å². The van der Waals surface area contributed by atoms with Crippen LogP contribution in [0.2, 0.25) is 0 Å². The van der Waals surface area contributed by atoms with E-state index in [0.29, 0.717) is 10.8 Å². The molecule has 0 radical (unpaired) electrons. The molecule has 0 bridgehead atoms. The average Bonchev–Trinajstić information content (AvgIpc) is 2.16. The minimum absolute atomic E-state index is 0.233. The van der Waals surface area contributed by atoms with Gasteiger partial charge in [0.1, 0.15) is 5.82 Å². The predicted octanol–water partition coefficient (Wildman–Crippen LogP) is 4.24. The maximum absolute atomic E-state index is 12.5. The largest absolute Gasteiger partial charge is 0.207 e. The van der Waals surface area contributed by atoms with Crippen LogP contribution in [0, 0.1) is 5.82 Å². The van der Waals surface area contributed by atoms with Gasteiger partial charge in [-0.3, -0.25) is 0 Å². The fraction of sp³-hybridized carbons (Fsp3) is 0.111. The lowest BCUT2D eigenvalue weighted by atomic mass is 10.4. The van der Waals surface area contributed by atoms with Gasteiger partial charge in [0.2, 0.25) is 0 Å². The smallest absolute Gasteiger partial charge is 0.123 e. The monoisotopic (exact) mass is 236 g/mol. The molecule has 1 rings (SSSR count). The Morgan fingerprint density at radius 2 is 2.00 bits per heavy atom. The molecule has 0 saturated heterocycles. The van der Waals surface area contributed by atoms with Gasteiger partial charge in [-0.25, -0.2) is 4.39 Å². The standard InChI is InChI=1S/C9H7Cl2FS/c10-5-7(11)6-13-9-3-1-8(12)2-4-9/h1-5H,6H2/b7-5-. The van der Waals surface area contributed by atoms with Gasteiger partial charge in [-0.2, -0.15) is 0 Å². The molecule has 0 spiro atoms. The van der Waals surface area contributed by atoms with E-state index < -0.39 is 0 Å². The third kappa shape index (κ3) is 4.03. The van der Waals surface area contributed by atoms with Gasteiger partial charge in [-0.1, -0.05) is 23.2 Å². The van der Waals surface area contributed by atoms with E-state index in [-0.39, 0.29) is 5.82 Å². The van der Waals surface area contributed by atoms with E-state index in [4.69, 9.17) is 23.2 Å². The Morgan fingerprint density at radius 1 is 1.38 bits per heavy atom. The molecule has 4 heteroatoms. The summed E-state index contributed by atoms with van der Waals surface area (Å²) in [4.78, 5) is 0.970. The fourth-order valence-electron chi connectivity index (χ4n) is 0.715. The van der Waals surface area contributed by atoms with Gasteiger partial charge in [0.05, 0.1) is 0 Å². The topological polar surface area (TPSA) is 0 Å². The van der Waals surface area contributed by atoms with Crippen LogP contribution < -0.4 is 0 Å². The molecule has 0 heterocycles. The van der Waals surface area contributed by atoms with Crippen molar-refractivity contribution >= 4 is 35.0 Å². The summed E-state index contributed by atoms with van der Waals surface area (Å²) in [5.74, 6) is 0.375. The highest BCUT2D eigenvalue weighted by Gasteiger charge is 1.96. The molecule has 0 nitrogen and oxygen atoms in total. The maximum atomic E-state index is 12.5. The first-order valence-electron chi connectivity index (χ1n) is 3.55. The minimum Gasteiger partial charge on any atom is -0.207 e. The summed E-state index contributed by atoms with van der Waals surface area (Å²) in [5, 5.41) is 0.580. The van der Waals surface area contributed by atoms with Gasteiger partial charge in [0.15, 0.2) is 0 Å². The molecule has 13 heavy (non-hydrogen) atoms. The van der Waals surface area contributed by atoms with Crippen LogP contribution >= 0.6 is 35.0 Å². The molecule has 1 aromatic carbocycles. The van der Waals surface area contributed by atoms with Gasteiger partial charge in [-0.15, -0.1) is 11.8 Å². The molecule has 0 aliphatic rings. The van der Waals surface area contributed by atoms with Crippen LogP contribution in [0.1, 0.15) is 0 Å². The fourth-order valence-corrected chi connectivity index (χ4v) is 1.76. The predicted molar refractivity (Wildman–Crippen MR) is 56.9 cm³/mol. The quantitative estimate of drug-likeness (QED) is 0.708. The molecule has 0 aliphatic heterocycles. The molecular weight excluding hydrogens is 230 g/mol. The molecule has 70 valence electrons. The number of benzene rings is 1. The summed E-state index contributed by atoms with van der Waals surface area (Å²) in [6, 6.07) is 6.25. The van der Waals surface area contributed by atoms with Crippen molar-refractivity contribution in [3.8, 4) is 0 Å². The molecule has 1 aromatic rings. The van der Waals surface area contributed by atoms with Crippen molar-refractivity contribution in [1.82, 2.24) is 0 Å².